The summed E-state index contributed by atoms with van der Waals surface area (Å²) in [6.45, 7) is 18.8. The molecule has 5 heteroatoms. The van der Waals surface area contributed by atoms with Crippen LogP contribution in [0.1, 0.15) is 62.1 Å². The number of rotatable bonds is 11. The van der Waals surface area contributed by atoms with Crippen molar-refractivity contribution in [3.8, 4) is 0 Å². The Hall–Kier alpha value is -2.82. The summed E-state index contributed by atoms with van der Waals surface area (Å²) >= 11 is 0. The average Bonchev–Trinajstić information content (AvgIpc) is 2.84. The predicted octanol–water partition coefficient (Wildman–Crippen LogP) is 6.63. The SMILES string of the molecule is C=CCCCN(C)c1ccc(C(=C)N2CCN(c3ncc(C(C)CCC)cc3C)CC2)c(F)c1. The maximum Gasteiger partial charge on any atom is 0.134 e. The minimum absolute atomic E-state index is 0.213. The van der Waals surface area contributed by atoms with E-state index in [2.05, 4.69) is 54.7 Å². The van der Waals surface area contributed by atoms with E-state index in [0.717, 1.165) is 62.8 Å². The first-order chi connectivity index (χ1) is 16.3. The van der Waals surface area contributed by atoms with E-state index in [1.54, 1.807) is 6.07 Å². The van der Waals surface area contributed by atoms with Gasteiger partial charge in [-0.05, 0) is 61.4 Å². The lowest BCUT2D eigenvalue weighted by Gasteiger charge is -2.38. The highest BCUT2D eigenvalue weighted by Crippen LogP contribution is 2.29. The summed E-state index contributed by atoms with van der Waals surface area (Å²) in [4.78, 5) is 11.4. The summed E-state index contributed by atoms with van der Waals surface area (Å²) in [6, 6.07) is 7.77. The van der Waals surface area contributed by atoms with Crippen LogP contribution in [0.4, 0.5) is 15.9 Å². The van der Waals surface area contributed by atoms with Crippen molar-refractivity contribution in [3.63, 3.8) is 0 Å². The monoisotopic (exact) mass is 464 g/mol. The molecule has 4 nitrogen and oxygen atoms in total. The van der Waals surface area contributed by atoms with Gasteiger partial charge in [-0.25, -0.2) is 9.37 Å². The van der Waals surface area contributed by atoms with E-state index in [0.29, 0.717) is 11.5 Å². The molecule has 0 N–H and O–H groups in total. The summed E-state index contributed by atoms with van der Waals surface area (Å²) in [7, 11) is 2.00. The Morgan fingerprint density at radius 2 is 1.97 bits per heavy atom. The number of hydrogen-bond acceptors (Lipinski definition) is 4. The quantitative estimate of drug-likeness (QED) is 0.275. The molecule has 1 saturated heterocycles. The first-order valence-electron chi connectivity index (χ1n) is 12.6. The number of hydrogen-bond donors (Lipinski definition) is 0. The molecule has 184 valence electrons. The second-order valence-electron chi connectivity index (χ2n) is 9.54. The Morgan fingerprint density at radius 1 is 1.24 bits per heavy atom. The molecule has 34 heavy (non-hydrogen) atoms. The molecule has 0 bridgehead atoms. The third kappa shape index (κ3) is 6.19. The van der Waals surface area contributed by atoms with Gasteiger partial charge in [-0.2, -0.15) is 0 Å². The minimum atomic E-state index is -0.213. The van der Waals surface area contributed by atoms with Crippen LogP contribution in [0, 0.1) is 12.7 Å². The van der Waals surface area contributed by atoms with E-state index >= 15 is 4.39 Å². The molecule has 0 radical (unpaired) electrons. The molecular weight excluding hydrogens is 423 g/mol. The summed E-state index contributed by atoms with van der Waals surface area (Å²) in [5.41, 5.74) is 4.78. The van der Waals surface area contributed by atoms with Gasteiger partial charge < -0.3 is 14.7 Å². The van der Waals surface area contributed by atoms with Crippen molar-refractivity contribution in [3.05, 3.63) is 72.2 Å². The number of aryl methyl sites for hydroxylation is 1. The van der Waals surface area contributed by atoms with Crippen LogP contribution in [-0.4, -0.2) is 49.7 Å². The molecule has 0 saturated carbocycles. The van der Waals surface area contributed by atoms with Crippen LogP contribution in [0.15, 0.2) is 49.7 Å². The first-order valence-corrected chi connectivity index (χ1v) is 12.6. The van der Waals surface area contributed by atoms with E-state index in [1.807, 2.05) is 31.5 Å². The molecule has 3 rings (SSSR count). The molecule has 1 aromatic heterocycles. The van der Waals surface area contributed by atoms with E-state index in [-0.39, 0.29) is 5.82 Å². The molecule has 0 amide bonds. The zero-order valence-corrected chi connectivity index (χ0v) is 21.5. The number of unbranched alkanes of at least 4 members (excludes halogenated alkanes) is 1. The molecule has 0 spiro atoms. The number of allylic oxidation sites excluding steroid dienone is 1. The molecule has 1 aromatic carbocycles. The molecule has 2 heterocycles. The highest BCUT2D eigenvalue weighted by Gasteiger charge is 2.23. The van der Waals surface area contributed by atoms with Gasteiger partial charge in [-0.15, -0.1) is 6.58 Å². The van der Waals surface area contributed by atoms with Crippen LogP contribution >= 0.6 is 0 Å². The predicted molar refractivity (Wildman–Crippen MR) is 144 cm³/mol. The number of benzene rings is 1. The van der Waals surface area contributed by atoms with Gasteiger partial charge in [0, 0.05) is 62.9 Å². The smallest absolute Gasteiger partial charge is 0.134 e. The Labute approximate surface area is 205 Å². The Bertz CT molecular complexity index is 978. The van der Waals surface area contributed by atoms with Crippen molar-refractivity contribution in [2.24, 2.45) is 0 Å². The zero-order chi connectivity index (χ0) is 24.7. The maximum atomic E-state index is 15.0. The number of piperazine rings is 1. The van der Waals surface area contributed by atoms with E-state index in [1.165, 1.54) is 24.0 Å². The van der Waals surface area contributed by atoms with Crippen molar-refractivity contribution in [1.82, 2.24) is 9.88 Å². The first kappa shape index (κ1) is 25.8. The third-order valence-electron chi connectivity index (χ3n) is 6.93. The molecule has 1 aliphatic rings. The van der Waals surface area contributed by atoms with Crippen LogP contribution in [-0.2, 0) is 0 Å². The van der Waals surface area contributed by atoms with Crippen molar-refractivity contribution >= 4 is 17.2 Å². The fourth-order valence-electron chi connectivity index (χ4n) is 4.73. The highest BCUT2D eigenvalue weighted by atomic mass is 19.1. The minimum Gasteiger partial charge on any atom is -0.375 e. The number of aromatic nitrogens is 1. The summed E-state index contributed by atoms with van der Waals surface area (Å²) in [6.07, 6.45) is 8.30. The number of halogens is 1. The fraction of sp³-hybridized carbons (Fsp3) is 0.483. The van der Waals surface area contributed by atoms with Gasteiger partial charge in [0.05, 0.1) is 0 Å². The maximum absolute atomic E-state index is 15.0. The van der Waals surface area contributed by atoms with Crippen molar-refractivity contribution in [1.29, 1.82) is 0 Å². The molecular formula is C29H41FN4. The summed E-state index contributed by atoms with van der Waals surface area (Å²) in [5, 5.41) is 0. The van der Waals surface area contributed by atoms with Gasteiger partial charge in [-0.3, -0.25) is 0 Å². The lowest BCUT2D eigenvalue weighted by atomic mass is 9.97. The largest absolute Gasteiger partial charge is 0.375 e. The van der Waals surface area contributed by atoms with Gasteiger partial charge in [0.2, 0.25) is 0 Å². The molecule has 1 unspecified atom stereocenters. The number of anilines is 2. The lowest BCUT2D eigenvalue weighted by Crippen LogP contribution is -2.46. The molecule has 1 fully saturated rings. The third-order valence-corrected chi connectivity index (χ3v) is 6.93. The second-order valence-corrected chi connectivity index (χ2v) is 9.54. The van der Waals surface area contributed by atoms with Gasteiger partial charge in [0.25, 0.3) is 0 Å². The molecule has 1 aliphatic heterocycles. The van der Waals surface area contributed by atoms with Crippen molar-refractivity contribution in [2.45, 2.75) is 52.4 Å². The Kier molecular flexibility index (Phi) is 9.14. The van der Waals surface area contributed by atoms with Crippen molar-refractivity contribution in [2.75, 3.05) is 49.6 Å². The molecule has 0 aliphatic carbocycles. The lowest BCUT2D eigenvalue weighted by molar-refractivity contribution is 0.365. The standard InChI is InChI=1S/C29H41FN4/c1-7-9-10-14-32(6)26-12-13-27(28(30)20-26)24(5)33-15-17-34(18-16-33)29-23(4)19-25(21-31-29)22(3)11-8-2/h7,12-13,19-22H,1,5,8-11,14-18H2,2-4,6H3. The van der Waals surface area contributed by atoms with Gasteiger partial charge in [0.1, 0.15) is 11.6 Å². The van der Waals surface area contributed by atoms with Crippen molar-refractivity contribution < 1.29 is 4.39 Å². The number of nitrogens with zero attached hydrogens (tertiary/aromatic N) is 4. The van der Waals surface area contributed by atoms with Crippen LogP contribution in [0.3, 0.4) is 0 Å². The fourth-order valence-corrected chi connectivity index (χ4v) is 4.73. The topological polar surface area (TPSA) is 22.6 Å². The van der Waals surface area contributed by atoms with Gasteiger partial charge >= 0.3 is 0 Å². The van der Waals surface area contributed by atoms with Gasteiger partial charge in [-0.1, -0.05) is 39.0 Å². The van der Waals surface area contributed by atoms with Crippen LogP contribution in [0.5, 0.6) is 0 Å². The van der Waals surface area contributed by atoms with Crippen LogP contribution in [0.2, 0.25) is 0 Å². The van der Waals surface area contributed by atoms with E-state index in [4.69, 9.17) is 4.98 Å². The normalized spacial score (nSPS) is 14.7. The zero-order valence-electron chi connectivity index (χ0n) is 21.5. The molecule has 1 atom stereocenters. The number of pyridine rings is 1. The van der Waals surface area contributed by atoms with Gasteiger partial charge in [0.15, 0.2) is 0 Å². The summed E-state index contributed by atoms with van der Waals surface area (Å²) < 4.78 is 15.0. The Morgan fingerprint density at radius 3 is 2.59 bits per heavy atom. The van der Waals surface area contributed by atoms with E-state index < -0.39 is 0 Å². The summed E-state index contributed by atoms with van der Waals surface area (Å²) in [5.74, 6) is 1.39. The highest BCUT2D eigenvalue weighted by molar-refractivity contribution is 5.65. The van der Waals surface area contributed by atoms with E-state index in [9.17, 15) is 0 Å². The average molecular weight is 465 g/mol. The van der Waals surface area contributed by atoms with Crippen LogP contribution in [0.25, 0.3) is 5.70 Å². The second kappa shape index (κ2) is 12.0. The Balaban J connectivity index is 1.61. The van der Waals surface area contributed by atoms with Crippen LogP contribution < -0.4 is 9.80 Å². The molecule has 2 aromatic rings.